The molecule has 0 unspecified atom stereocenters. The lowest BCUT2D eigenvalue weighted by molar-refractivity contribution is -0.145. The molecule has 0 aromatic carbocycles. The van der Waals surface area contributed by atoms with E-state index in [4.69, 9.17) is 18.9 Å². The highest BCUT2D eigenvalue weighted by atomic mass is 16.7. The van der Waals surface area contributed by atoms with Crippen molar-refractivity contribution >= 4 is 5.97 Å². The number of rotatable bonds is 23. The van der Waals surface area contributed by atoms with Gasteiger partial charge in [0.2, 0.25) is 0 Å². The lowest BCUT2D eigenvalue weighted by Crippen LogP contribution is -2.29. The Bertz CT molecular complexity index is 771. The highest BCUT2D eigenvalue weighted by molar-refractivity contribution is 5.90. The van der Waals surface area contributed by atoms with Crippen molar-refractivity contribution in [1.29, 1.82) is 0 Å². The van der Waals surface area contributed by atoms with Gasteiger partial charge in [-0.2, -0.15) is 0 Å². The van der Waals surface area contributed by atoms with Gasteiger partial charge in [-0.05, 0) is 57.9 Å². The maximum Gasteiger partial charge on any atom is 0.334 e. The number of hydrogen-bond acceptors (Lipinski definition) is 7. The van der Waals surface area contributed by atoms with Gasteiger partial charge in [0.1, 0.15) is 12.9 Å². The van der Waals surface area contributed by atoms with Crippen LogP contribution in [0.3, 0.4) is 0 Å². The van der Waals surface area contributed by atoms with Gasteiger partial charge in [-0.1, -0.05) is 103 Å². The van der Waals surface area contributed by atoms with Crippen LogP contribution in [0.1, 0.15) is 162 Å². The molecule has 3 aliphatic heterocycles. The third-order valence-corrected chi connectivity index (χ3v) is 9.65. The van der Waals surface area contributed by atoms with E-state index >= 15 is 0 Å². The summed E-state index contributed by atoms with van der Waals surface area (Å²) in [6.07, 6.45) is 26.7. The van der Waals surface area contributed by atoms with Crippen molar-refractivity contribution in [3.8, 4) is 0 Å². The minimum atomic E-state index is -0.488. The van der Waals surface area contributed by atoms with Gasteiger partial charge in [0.25, 0.3) is 0 Å². The first-order chi connectivity index (χ1) is 21.0. The van der Waals surface area contributed by atoms with E-state index in [1.807, 2.05) is 13.0 Å². The molecule has 7 atom stereocenters. The Kier molecular flexibility index (Phi) is 18.4. The number of unbranched alkanes of at least 4 members (excludes halogenated alkanes) is 13. The third kappa shape index (κ3) is 14.8. The van der Waals surface area contributed by atoms with Crippen molar-refractivity contribution in [2.24, 2.45) is 0 Å². The van der Waals surface area contributed by atoms with E-state index in [9.17, 15) is 15.0 Å². The first-order valence-electron chi connectivity index (χ1n) is 18.1. The van der Waals surface area contributed by atoms with Crippen LogP contribution in [-0.4, -0.2) is 65.7 Å². The van der Waals surface area contributed by atoms with E-state index in [0.29, 0.717) is 18.4 Å². The van der Waals surface area contributed by atoms with E-state index < -0.39 is 12.2 Å². The van der Waals surface area contributed by atoms with Crippen LogP contribution >= 0.6 is 0 Å². The number of carbonyl (C=O) groups excluding carboxylic acids is 1. The summed E-state index contributed by atoms with van der Waals surface area (Å²) in [5.41, 5.74) is 0.608. The van der Waals surface area contributed by atoms with Crippen molar-refractivity contribution in [3.05, 3.63) is 11.6 Å². The summed E-state index contributed by atoms with van der Waals surface area (Å²) >= 11 is 0. The molecule has 0 radical (unpaired) electrons. The maximum atomic E-state index is 11.7. The van der Waals surface area contributed by atoms with E-state index in [1.54, 1.807) is 0 Å². The lowest BCUT2D eigenvalue weighted by Gasteiger charge is -2.22. The molecule has 3 aliphatic rings. The first-order valence-corrected chi connectivity index (χ1v) is 18.1. The fraction of sp³-hybridized carbons (Fsp3) is 0.917. The van der Waals surface area contributed by atoms with E-state index in [2.05, 4.69) is 6.92 Å². The predicted molar refractivity (Wildman–Crippen MR) is 171 cm³/mol. The molecule has 0 spiro atoms. The highest BCUT2D eigenvalue weighted by Gasteiger charge is 2.35. The number of cyclic esters (lactones) is 1. The summed E-state index contributed by atoms with van der Waals surface area (Å²) in [7, 11) is 0. The van der Waals surface area contributed by atoms with Gasteiger partial charge in [0.15, 0.2) is 0 Å². The Balaban J connectivity index is 1.17. The number of hydrogen-bond donors (Lipinski definition) is 2. The van der Waals surface area contributed by atoms with Crippen LogP contribution in [0.25, 0.3) is 0 Å². The van der Waals surface area contributed by atoms with Crippen LogP contribution in [0.2, 0.25) is 0 Å². The smallest absolute Gasteiger partial charge is 0.334 e. The molecule has 7 nitrogen and oxygen atoms in total. The lowest BCUT2D eigenvalue weighted by atomic mass is 9.97. The van der Waals surface area contributed by atoms with Crippen molar-refractivity contribution in [1.82, 2.24) is 0 Å². The Hall–Kier alpha value is -0.990. The molecule has 0 aliphatic carbocycles. The Labute approximate surface area is 262 Å². The van der Waals surface area contributed by atoms with Crippen molar-refractivity contribution in [2.75, 3.05) is 6.79 Å². The number of ether oxygens (including phenoxy) is 4. The normalized spacial score (nSPS) is 27.6. The second kappa shape index (κ2) is 21.7. The standard InChI is InChI=1S/C36H64O7/c1-3-4-5-6-7-8-9-10-11-12-13-17-20-32(38)33-23-24-34(41-27-40-33)35-22-21-31(43-35)19-16-14-15-18-30(37)26-29-25-28(2)42-36(29)39/h25,28,30-35,37-38H,3-24,26-27H2,1-2H3/t28-,30+,31+,32+,33+,34-,35-/m0/s1. The van der Waals surface area contributed by atoms with Gasteiger partial charge in [0.05, 0.1) is 36.6 Å². The van der Waals surface area contributed by atoms with Gasteiger partial charge in [-0.3, -0.25) is 0 Å². The molecule has 2 fully saturated rings. The number of esters is 1. The molecule has 0 amide bonds. The minimum absolute atomic E-state index is 0.0447. The van der Waals surface area contributed by atoms with Crippen molar-refractivity contribution < 1.29 is 34.0 Å². The van der Waals surface area contributed by atoms with Crippen LogP contribution in [0.15, 0.2) is 11.6 Å². The van der Waals surface area contributed by atoms with Crippen LogP contribution in [0.5, 0.6) is 0 Å². The summed E-state index contributed by atoms with van der Waals surface area (Å²) < 4.78 is 23.5. The molecular weight excluding hydrogens is 544 g/mol. The fourth-order valence-electron chi connectivity index (χ4n) is 6.97. The molecule has 43 heavy (non-hydrogen) atoms. The summed E-state index contributed by atoms with van der Waals surface area (Å²) in [6, 6.07) is 0. The fourth-order valence-corrected chi connectivity index (χ4v) is 6.97. The predicted octanol–water partition coefficient (Wildman–Crippen LogP) is 8.08. The third-order valence-electron chi connectivity index (χ3n) is 9.65. The zero-order valence-electron chi connectivity index (χ0n) is 27.5. The monoisotopic (exact) mass is 608 g/mol. The van der Waals surface area contributed by atoms with Gasteiger partial charge in [0, 0.05) is 12.0 Å². The zero-order valence-corrected chi connectivity index (χ0v) is 27.5. The Morgan fingerprint density at radius 1 is 0.767 bits per heavy atom. The zero-order chi connectivity index (χ0) is 30.7. The van der Waals surface area contributed by atoms with E-state index in [1.165, 1.54) is 70.6 Å². The second-order valence-electron chi connectivity index (χ2n) is 13.5. The minimum Gasteiger partial charge on any atom is -0.455 e. The van der Waals surface area contributed by atoms with Crippen LogP contribution in [0, 0.1) is 0 Å². The molecule has 0 saturated carbocycles. The Morgan fingerprint density at radius 2 is 1.40 bits per heavy atom. The van der Waals surface area contributed by atoms with Gasteiger partial charge >= 0.3 is 5.97 Å². The summed E-state index contributed by atoms with van der Waals surface area (Å²) in [6.45, 7) is 4.35. The number of aliphatic hydroxyl groups is 2. The summed E-state index contributed by atoms with van der Waals surface area (Å²) in [4.78, 5) is 11.7. The van der Waals surface area contributed by atoms with Crippen LogP contribution in [0.4, 0.5) is 0 Å². The average molecular weight is 609 g/mol. The topological polar surface area (TPSA) is 94.5 Å². The molecule has 3 heterocycles. The molecule has 0 aromatic heterocycles. The average Bonchev–Trinajstić information content (AvgIpc) is 3.49. The molecule has 2 saturated heterocycles. The SMILES string of the molecule is CCCCCCCCCCCCCC[C@@H](O)[C@H]1CC[C@@H]([C@@H]2CC[C@@H](CCCCC[C@@H](O)CC3=C[C@H](C)OC3=O)O2)OCO1. The largest absolute Gasteiger partial charge is 0.455 e. The quantitative estimate of drug-likeness (QED) is 0.0894. The number of aliphatic hydroxyl groups excluding tert-OH is 2. The summed E-state index contributed by atoms with van der Waals surface area (Å²) in [5.74, 6) is -0.287. The van der Waals surface area contributed by atoms with Crippen LogP contribution < -0.4 is 0 Å². The molecule has 2 N–H and O–H groups in total. The summed E-state index contributed by atoms with van der Waals surface area (Å²) in [5, 5.41) is 21.1. The van der Waals surface area contributed by atoms with Crippen molar-refractivity contribution in [3.63, 3.8) is 0 Å². The first kappa shape index (κ1) is 36.5. The Morgan fingerprint density at radius 3 is 2.07 bits per heavy atom. The van der Waals surface area contributed by atoms with Crippen molar-refractivity contribution in [2.45, 2.75) is 204 Å². The molecule has 7 heteroatoms. The van der Waals surface area contributed by atoms with E-state index in [-0.39, 0.29) is 43.3 Å². The van der Waals surface area contributed by atoms with E-state index in [0.717, 1.165) is 64.2 Å². The molecular formula is C36H64O7. The second-order valence-corrected chi connectivity index (χ2v) is 13.5. The maximum absolute atomic E-state index is 11.7. The van der Waals surface area contributed by atoms with Gasteiger partial charge in [-0.15, -0.1) is 0 Å². The molecule has 0 aromatic rings. The highest BCUT2D eigenvalue weighted by Crippen LogP contribution is 2.31. The van der Waals surface area contributed by atoms with Gasteiger partial charge < -0.3 is 29.2 Å². The number of carbonyl (C=O) groups is 1. The van der Waals surface area contributed by atoms with Crippen LogP contribution in [-0.2, 0) is 23.7 Å². The van der Waals surface area contributed by atoms with Gasteiger partial charge in [-0.25, -0.2) is 4.79 Å². The molecule has 0 bridgehead atoms. The molecule has 250 valence electrons. The molecule has 3 rings (SSSR count).